The molecule has 2 amide bonds. The number of aryl methyl sites for hydroxylation is 1. The molecule has 0 spiro atoms. The van der Waals surface area contributed by atoms with Gasteiger partial charge in [-0.05, 0) is 26.0 Å². The molecule has 0 saturated heterocycles. The second kappa shape index (κ2) is 5.83. The van der Waals surface area contributed by atoms with Crippen LogP contribution in [0.3, 0.4) is 0 Å². The van der Waals surface area contributed by atoms with Crippen molar-refractivity contribution in [1.29, 1.82) is 0 Å². The maximum absolute atomic E-state index is 13.0. The summed E-state index contributed by atoms with van der Waals surface area (Å²) < 4.78 is 1.30. The van der Waals surface area contributed by atoms with E-state index in [2.05, 4.69) is 15.4 Å². The van der Waals surface area contributed by atoms with Gasteiger partial charge in [-0.25, -0.2) is 9.50 Å². The van der Waals surface area contributed by atoms with Crippen LogP contribution in [0.15, 0.2) is 41.3 Å². The summed E-state index contributed by atoms with van der Waals surface area (Å²) in [5.41, 5.74) is 2.20. The van der Waals surface area contributed by atoms with Crippen LogP contribution < -0.4 is 15.8 Å². The maximum atomic E-state index is 13.0. The smallest absolute Gasteiger partial charge is 0.276 e. The van der Waals surface area contributed by atoms with Crippen LogP contribution in [0.25, 0.3) is 5.65 Å². The first kappa shape index (κ1) is 16.1. The number of H-pyrrole nitrogens is 1. The molecule has 2 aromatic heterocycles. The van der Waals surface area contributed by atoms with E-state index in [0.29, 0.717) is 28.3 Å². The highest BCUT2D eigenvalue weighted by molar-refractivity contribution is 6.12. The van der Waals surface area contributed by atoms with E-state index < -0.39 is 6.04 Å². The molecule has 3 aromatic rings. The summed E-state index contributed by atoms with van der Waals surface area (Å²) in [4.78, 5) is 43.7. The summed E-state index contributed by atoms with van der Waals surface area (Å²) in [6.07, 6.45) is 1.48. The van der Waals surface area contributed by atoms with Crippen LogP contribution in [-0.2, 0) is 16.0 Å². The number of hydrogen-bond donors (Lipinski definition) is 2. The lowest BCUT2D eigenvalue weighted by Gasteiger charge is -2.34. The van der Waals surface area contributed by atoms with Crippen molar-refractivity contribution in [1.82, 2.24) is 14.6 Å². The van der Waals surface area contributed by atoms with E-state index in [1.165, 1.54) is 9.42 Å². The molecule has 1 atom stereocenters. The van der Waals surface area contributed by atoms with Gasteiger partial charge >= 0.3 is 0 Å². The number of nitrogens with one attached hydrogen (secondary N) is 2. The van der Waals surface area contributed by atoms with Gasteiger partial charge in [0.25, 0.3) is 5.56 Å². The minimum absolute atomic E-state index is 0.133. The third-order valence-electron chi connectivity index (χ3n) is 4.63. The summed E-state index contributed by atoms with van der Waals surface area (Å²) >= 11 is 0. The molecule has 2 N–H and O–H groups in total. The van der Waals surface area contributed by atoms with Crippen LogP contribution in [0, 0.1) is 6.92 Å². The van der Waals surface area contributed by atoms with E-state index >= 15 is 0 Å². The number of nitrogens with zero attached hydrogens (tertiary/aromatic N) is 3. The van der Waals surface area contributed by atoms with Crippen molar-refractivity contribution in [3.8, 4) is 0 Å². The van der Waals surface area contributed by atoms with Crippen LogP contribution in [0.1, 0.15) is 18.2 Å². The molecule has 1 unspecified atom stereocenters. The highest BCUT2D eigenvalue weighted by atomic mass is 16.2. The molecular formula is C18H17N5O3. The maximum Gasteiger partial charge on any atom is 0.276 e. The van der Waals surface area contributed by atoms with Crippen LogP contribution in [-0.4, -0.2) is 32.5 Å². The Labute approximate surface area is 148 Å². The molecule has 3 heterocycles. The zero-order valence-corrected chi connectivity index (χ0v) is 14.3. The van der Waals surface area contributed by atoms with Crippen molar-refractivity contribution in [2.24, 2.45) is 0 Å². The Balaban J connectivity index is 1.75. The van der Waals surface area contributed by atoms with Gasteiger partial charge in [0.05, 0.1) is 17.8 Å². The Hall–Kier alpha value is -3.42. The number of carbonyl (C=O) groups excluding carboxylic acids is 2. The number of aromatic amines is 1. The zero-order valence-electron chi connectivity index (χ0n) is 14.3. The van der Waals surface area contributed by atoms with Gasteiger partial charge in [-0.1, -0.05) is 12.1 Å². The van der Waals surface area contributed by atoms with Crippen molar-refractivity contribution in [3.05, 3.63) is 58.1 Å². The van der Waals surface area contributed by atoms with Gasteiger partial charge < -0.3 is 5.32 Å². The summed E-state index contributed by atoms with van der Waals surface area (Å²) in [6, 6.07) is 8.13. The molecule has 0 aliphatic carbocycles. The second-order valence-electron chi connectivity index (χ2n) is 6.26. The lowest BCUT2D eigenvalue weighted by atomic mass is 10.1. The molecule has 0 bridgehead atoms. The standard InChI is InChI=1S/C18H17N5O3/c1-10-12(18(26)23-15(20-10)7-8-19-23)9-16(24)22-11(2)17(25)21-13-5-3-4-6-14(13)22/h3-8,11,19H,9H2,1-2H3,(H,21,25). The topological polar surface area (TPSA) is 99.6 Å². The molecule has 4 rings (SSSR count). The average molecular weight is 351 g/mol. The Kier molecular flexibility index (Phi) is 3.61. The first-order chi connectivity index (χ1) is 12.5. The van der Waals surface area contributed by atoms with Crippen LogP contribution in [0.4, 0.5) is 11.4 Å². The summed E-state index contributed by atoms with van der Waals surface area (Å²) in [6.45, 7) is 3.37. The van der Waals surface area contributed by atoms with Crippen LogP contribution in [0.5, 0.6) is 0 Å². The molecule has 0 radical (unpaired) electrons. The Morgan fingerprint density at radius 3 is 2.81 bits per heavy atom. The van der Waals surface area contributed by atoms with Gasteiger partial charge in [0.1, 0.15) is 6.04 Å². The molecule has 1 aromatic carbocycles. The van der Waals surface area contributed by atoms with Crippen molar-refractivity contribution in [2.45, 2.75) is 26.3 Å². The first-order valence-corrected chi connectivity index (χ1v) is 8.25. The molecule has 1 aliphatic heterocycles. The summed E-state index contributed by atoms with van der Waals surface area (Å²) in [7, 11) is 0. The Morgan fingerprint density at radius 1 is 1.23 bits per heavy atom. The van der Waals surface area contributed by atoms with Gasteiger partial charge in [0.15, 0.2) is 5.65 Å². The molecule has 26 heavy (non-hydrogen) atoms. The lowest BCUT2D eigenvalue weighted by molar-refractivity contribution is -0.123. The fourth-order valence-corrected chi connectivity index (χ4v) is 3.25. The van der Waals surface area contributed by atoms with Crippen molar-refractivity contribution < 1.29 is 9.59 Å². The molecule has 8 heteroatoms. The number of benzene rings is 1. The SMILES string of the molecule is Cc1nc2cc[nH]n2c(=O)c1CC(=O)N1c2ccccc2NC(=O)C1C. The van der Waals surface area contributed by atoms with Crippen molar-refractivity contribution in [3.63, 3.8) is 0 Å². The predicted molar refractivity (Wildman–Crippen MR) is 96.3 cm³/mol. The summed E-state index contributed by atoms with van der Waals surface area (Å²) in [5.74, 6) is -0.586. The molecule has 132 valence electrons. The number of para-hydroxylation sites is 2. The Bertz CT molecular complexity index is 1100. The highest BCUT2D eigenvalue weighted by Crippen LogP contribution is 2.32. The van der Waals surface area contributed by atoms with Gasteiger partial charge in [0, 0.05) is 23.5 Å². The van der Waals surface area contributed by atoms with Gasteiger partial charge in [-0.3, -0.25) is 24.4 Å². The number of hydrogen-bond acceptors (Lipinski definition) is 4. The van der Waals surface area contributed by atoms with E-state index in [1.807, 2.05) is 0 Å². The predicted octanol–water partition coefficient (Wildman–Crippen LogP) is 1.25. The first-order valence-electron chi connectivity index (χ1n) is 8.25. The largest absolute Gasteiger partial charge is 0.322 e. The number of fused-ring (bicyclic) bond motifs is 2. The minimum atomic E-state index is -0.664. The number of carbonyl (C=O) groups is 2. The lowest BCUT2D eigenvalue weighted by Crippen LogP contribution is -2.50. The number of anilines is 2. The third-order valence-corrected chi connectivity index (χ3v) is 4.63. The number of aromatic nitrogens is 3. The van der Waals surface area contributed by atoms with E-state index in [9.17, 15) is 14.4 Å². The Morgan fingerprint density at radius 2 is 2.00 bits per heavy atom. The van der Waals surface area contributed by atoms with Gasteiger partial charge in [-0.2, -0.15) is 0 Å². The van der Waals surface area contributed by atoms with E-state index in [1.54, 1.807) is 50.4 Å². The van der Waals surface area contributed by atoms with Crippen LogP contribution >= 0.6 is 0 Å². The number of amides is 2. The van der Waals surface area contributed by atoms with Crippen molar-refractivity contribution in [2.75, 3.05) is 10.2 Å². The normalized spacial score (nSPS) is 16.5. The fourth-order valence-electron chi connectivity index (χ4n) is 3.25. The third kappa shape index (κ3) is 2.38. The molecule has 1 aliphatic rings. The molecule has 0 fully saturated rings. The van der Waals surface area contributed by atoms with E-state index in [4.69, 9.17) is 0 Å². The van der Waals surface area contributed by atoms with Gasteiger partial charge in [-0.15, -0.1) is 0 Å². The minimum Gasteiger partial charge on any atom is -0.322 e. The fraction of sp³-hybridized carbons (Fsp3) is 0.222. The number of rotatable bonds is 2. The molecule has 8 nitrogen and oxygen atoms in total. The monoisotopic (exact) mass is 351 g/mol. The van der Waals surface area contributed by atoms with Gasteiger partial charge in [0.2, 0.25) is 11.8 Å². The second-order valence-corrected chi connectivity index (χ2v) is 6.26. The van der Waals surface area contributed by atoms with E-state index in [-0.39, 0.29) is 23.8 Å². The molecular weight excluding hydrogens is 334 g/mol. The zero-order chi connectivity index (χ0) is 18.4. The highest BCUT2D eigenvalue weighted by Gasteiger charge is 2.34. The van der Waals surface area contributed by atoms with Crippen molar-refractivity contribution >= 4 is 28.8 Å². The average Bonchev–Trinajstić information content (AvgIpc) is 3.08. The molecule has 0 saturated carbocycles. The summed E-state index contributed by atoms with van der Waals surface area (Å²) in [5, 5.41) is 5.58. The van der Waals surface area contributed by atoms with Crippen LogP contribution in [0.2, 0.25) is 0 Å². The quantitative estimate of drug-likeness (QED) is 0.726. The van der Waals surface area contributed by atoms with E-state index in [0.717, 1.165) is 0 Å².